The van der Waals surface area contributed by atoms with Gasteiger partial charge in [-0.05, 0) is 43.0 Å². The van der Waals surface area contributed by atoms with Crippen molar-refractivity contribution in [2.45, 2.75) is 32.3 Å². The Morgan fingerprint density at radius 1 is 1.41 bits per heavy atom. The molecule has 2 aromatic carbocycles. The molecule has 0 radical (unpaired) electrons. The first-order valence-electron chi connectivity index (χ1n) is 8.67. The van der Waals surface area contributed by atoms with Crippen LogP contribution in [0.15, 0.2) is 30.3 Å². The lowest BCUT2D eigenvalue weighted by molar-refractivity contribution is -0.134. The summed E-state index contributed by atoms with van der Waals surface area (Å²) in [6.45, 7) is 10.9. The number of benzene rings is 2. The highest BCUT2D eigenvalue weighted by Gasteiger charge is 2.34. The second-order valence-corrected chi connectivity index (χ2v) is 7.58. The zero-order valence-corrected chi connectivity index (χ0v) is 16.0. The molecule has 27 heavy (non-hydrogen) atoms. The van der Waals surface area contributed by atoms with Crippen molar-refractivity contribution in [2.75, 3.05) is 18.0 Å². The highest BCUT2D eigenvalue weighted by Crippen LogP contribution is 2.32. The largest absolute Gasteiger partial charge is 0.380 e. The first-order valence-corrected chi connectivity index (χ1v) is 9.04. The number of carbonyl (C=O) groups is 1. The van der Waals surface area contributed by atoms with Crippen LogP contribution < -0.4 is 4.90 Å². The molecule has 0 saturated carbocycles. The van der Waals surface area contributed by atoms with Gasteiger partial charge in [-0.15, -0.1) is 0 Å². The molecule has 0 aliphatic carbocycles. The van der Waals surface area contributed by atoms with Gasteiger partial charge in [-0.2, -0.15) is 0 Å². The zero-order valence-electron chi connectivity index (χ0n) is 15.2. The molecule has 1 aliphatic rings. The Bertz CT molecular complexity index is 950. The van der Waals surface area contributed by atoms with Crippen LogP contribution in [0, 0.1) is 19.3 Å². The maximum Gasteiger partial charge on any atom is 0.205 e. The Morgan fingerprint density at radius 3 is 2.81 bits per heavy atom. The SMILES string of the molecule is [C-]#[N+]c1ccc(CC(=O)[C@@](C)(O)CN2CCc3cc(C)c(F)cc32)cc1Cl. The van der Waals surface area contributed by atoms with Gasteiger partial charge in [0, 0.05) is 23.7 Å². The number of aliphatic hydroxyl groups is 1. The van der Waals surface area contributed by atoms with Gasteiger partial charge in [0.2, 0.25) is 5.69 Å². The van der Waals surface area contributed by atoms with Crippen LogP contribution in [-0.2, 0) is 17.6 Å². The van der Waals surface area contributed by atoms with Crippen LogP contribution in [0.3, 0.4) is 0 Å². The molecule has 2 aromatic rings. The van der Waals surface area contributed by atoms with Crippen LogP contribution in [0.25, 0.3) is 4.85 Å². The number of carbonyl (C=O) groups excluding carboxylic acids is 1. The molecule has 1 aliphatic heterocycles. The maximum absolute atomic E-state index is 13.9. The quantitative estimate of drug-likeness (QED) is 0.781. The summed E-state index contributed by atoms with van der Waals surface area (Å²) in [5.41, 5.74) is 1.73. The molecule has 4 nitrogen and oxygen atoms in total. The number of Topliss-reactive ketones (excluding diaryl/α,β-unsaturated/α-hetero) is 1. The van der Waals surface area contributed by atoms with E-state index in [1.807, 2.05) is 11.0 Å². The number of fused-ring (bicyclic) bond motifs is 1. The Labute approximate surface area is 163 Å². The summed E-state index contributed by atoms with van der Waals surface area (Å²) in [6.07, 6.45) is 0.766. The lowest BCUT2D eigenvalue weighted by Crippen LogP contribution is -2.47. The number of hydrogen-bond acceptors (Lipinski definition) is 3. The van der Waals surface area contributed by atoms with Crippen LogP contribution in [0.5, 0.6) is 0 Å². The molecule has 0 aromatic heterocycles. The van der Waals surface area contributed by atoms with E-state index in [0.29, 0.717) is 23.4 Å². The van der Waals surface area contributed by atoms with Crippen molar-refractivity contribution in [3.63, 3.8) is 0 Å². The summed E-state index contributed by atoms with van der Waals surface area (Å²) >= 11 is 6.02. The van der Waals surface area contributed by atoms with Gasteiger partial charge >= 0.3 is 0 Å². The molecule has 1 atom stereocenters. The zero-order chi connectivity index (χ0) is 19.8. The van der Waals surface area contributed by atoms with Gasteiger partial charge < -0.3 is 10.0 Å². The van der Waals surface area contributed by atoms with Gasteiger partial charge in [0.15, 0.2) is 5.78 Å². The van der Waals surface area contributed by atoms with Crippen molar-refractivity contribution in [1.29, 1.82) is 0 Å². The van der Waals surface area contributed by atoms with E-state index < -0.39 is 5.60 Å². The number of halogens is 2. The lowest BCUT2D eigenvalue weighted by Gasteiger charge is -2.29. The van der Waals surface area contributed by atoms with Gasteiger partial charge in [-0.25, -0.2) is 9.24 Å². The molecule has 0 unspecified atom stereocenters. The fraction of sp³-hybridized carbons (Fsp3) is 0.333. The predicted molar refractivity (Wildman–Crippen MR) is 104 cm³/mol. The van der Waals surface area contributed by atoms with Gasteiger partial charge in [-0.3, -0.25) is 4.79 Å². The van der Waals surface area contributed by atoms with E-state index in [4.69, 9.17) is 18.2 Å². The Hall–Kier alpha value is -2.42. The smallest absolute Gasteiger partial charge is 0.205 e. The number of anilines is 1. The minimum atomic E-state index is -1.59. The molecule has 0 spiro atoms. The minimum absolute atomic E-state index is 0.00789. The van der Waals surface area contributed by atoms with E-state index >= 15 is 0 Å². The highest BCUT2D eigenvalue weighted by atomic mass is 35.5. The Kier molecular flexibility index (Phi) is 5.23. The molecular weight excluding hydrogens is 367 g/mol. The predicted octanol–water partition coefficient (Wildman–Crippen LogP) is 4.26. The standard InChI is InChI=1S/C21H20ClFN2O2/c1-13-8-15-6-7-25(19(15)11-17(13)23)12-21(2,27)20(26)10-14-4-5-18(24-3)16(22)9-14/h4-5,8-9,11,27H,6-7,10,12H2,1-2H3/t21-/m0/s1. The monoisotopic (exact) mass is 386 g/mol. The first kappa shape index (κ1) is 19.3. The van der Waals surface area contributed by atoms with E-state index in [2.05, 4.69) is 4.85 Å². The third-order valence-electron chi connectivity index (χ3n) is 4.95. The number of ketones is 1. The number of β-amino-alcohol motifs (C(OH)–C–C–N with tert-alkyl or cyclic N) is 1. The topological polar surface area (TPSA) is 44.9 Å². The van der Waals surface area contributed by atoms with Crippen LogP contribution in [0.2, 0.25) is 5.02 Å². The summed E-state index contributed by atoms with van der Waals surface area (Å²) in [7, 11) is 0. The summed E-state index contributed by atoms with van der Waals surface area (Å²) in [5, 5.41) is 11.0. The second-order valence-electron chi connectivity index (χ2n) is 7.17. The van der Waals surface area contributed by atoms with Gasteiger partial charge in [0.25, 0.3) is 0 Å². The molecule has 3 rings (SSSR count). The van der Waals surface area contributed by atoms with Crippen molar-refractivity contribution >= 4 is 28.8 Å². The molecular formula is C21H20ClFN2O2. The number of aryl methyl sites for hydroxylation is 1. The van der Waals surface area contributed by atoms with E-state index in [-0.39, 0.29) is 29.6 Å². The fourth-order valence-corrected chi connectivity index (χ4v) is 3.60. The van der Waals surface area contributed by atoms with Crippen LogP contribution in [0.1, 0.15) is 23.6 Å². The minimum Gasteiger partial charge on any atom is -0.380 e. The summed E-state index contributed by atoms with van der Waals surface area (Å²) in [4.78, 5) is 17.8. The Balaban J connectivity index is 1.74. The lowest BCUT2D eigenvalue weighted by atomic mass is 9.94. The van der Waals surface area contributed by atoms with Crippen molar-refractivity contribution in [3.05, 3.63) is 69.3 Å². The van der Waals surface area contributed by atoms with Gasteiger partial charge in [0.1, 0.15) is 11.4 Å². The average Bonchev–Trinajstić information content (AvgIpc) is 2.96. The number of nitrogens with zero attached hydrogens (tertiary/aromatic N) is 2. The second kappa shape index (κ2) is 7.30. The van der Waals surface area contributed by atoms with E-state index in [9.17, 15) is 14.3 Å². The van der Waals surface area contributed by atoms with Crippen molar-refractivity contribution in [1.82, 2.24) is 0 Å². The van der Waals surface area contributed by atoms with E-state index in [0.717, 1.165) is 17.7 Å². The van der Waals surface area contributed by atoms with Crippen LogP contribution in [0.4, 0.5) is 15.8 Å². The fourth-order valence-electron chi connectivity index (χ4n) is 3.35. The molecule has 1 heterocycles. The third kappa shape index (κ3) is 3.97. The van der Waals surface area contributed by atoms with Crippen LogP contribution in [-0.4, -0.2) is 29.6 Å². The maximum atomic E-state index is 13.9. The van der Waals surface area contributed by atoms with E-state index in [1.165, 1.54) is 13.0 Å². The molecule has 0 saturated heterocycles. The molecule has 6 heteroatoms. The normalized spacial score (nSPS) is 15.2. The van der Waals surface area contributed by atoms with Gasteiger partial charge in [0.05, 0.1) is 13.1 Å². The average molecular weight is 387 g/mol. The molecule has 140 valence electrons. The third-order valence-corrected chi connectivity index (χ3v) is 5.25. The summed E-state index contributed by atoms with van der Waals surface area (Å²) in [6, 6.07) is 8.10. The summed E-state index contributed by atoms with van der Waals surface area (Å²) in [5.74, 6) is -0.642. The van der Waals surface area contributed by atoms with Gasteiger partial charge in [-0.1, -0.05) is 35.9 Å². The highest BCUT2D eigenvalue weighted by molar-refractivity contribution is 6.33. The number of rotatable bonds is 5. The van der Waals surface area contributed by atoms with Crippen molar-refractivity contribution in [3.8, 4) is 0 Å². The first-order chi connectivity index (χ1) is 12.7. The van der Waals surface area contributed by atoms with Crippen molar-refractivity contribution in [2.24, 2.45) is 0 Å². The molecule has 1 N–H and O–H groups in total. The van der Waals surface area contributed by atoms with Crippen molar-refractivity contribution < 1.29 is 14.3 Å². The molecule has 0 bridgehead atoms. The summed E-state index contributed by atoms with van der Waals surface area (Å²) < 4.78 is 13.9. The molecule has 0 amide bonds. The number of hydrogen-bond donors (Lipinski definition) is 1. The van der Waals surface area contributed by atoms with E-state index in [1.54, 1.807) is 25.1 Å². The Morgan fingerprint density at radius 2 is 2.15 bits per heavy atom. The molecule has 0 fully saturated rings. The van der Waals surface area contributed by atoms with Crippen LogP contribution >= 0.6 is 11.6 Å².